The van der Waals surface area contributed by atoms with Crippen LogP contribution in [-0.4, -0.2) is 27.6 Å². The number of aromatic nitrogens is 3. The van der Waals surface area contributed by atoms with Gasteiger partial charge in [0.05, 0.1) is 22.3 Å². The molecule has 2 aromatic carbocycles. The van der Waals surface area contributed by atoms with Gasteiger partial charge >= 0.3 is 0 Å². The average molecular weight is 622 g/mol. The van der Waals surface area contributed by atoms with Crippen LogP contribution in [0.5, 0.6) is 0 Å². The molecule has 1 N–H and O–H groups in total. The fourth-order valence-electron chi connectivity index (χ4n) is 5.02. The average Bonchev–Trinajstić information content (AvgIpc) is 3.59. The number of nitrogens with zero attached hydrogens (tertiary/aromatic N) is 3. The number of thiophene rings is 1. The van der Waals surface area contributed by atoms with Gasteiger partial charge in [-0.3, -0.25) is 4.79 Å². The molecule has 13 heteroatoms. The van der Waals surface area contributed by atoms with Crippen molar-refractivity contribution in [1.29, 1.82) is 0 Å². The maximum atomic E-state index is 14.8. The molecule has 1 amide bonds. The fraction of sp³-hybridized carbons (Fsp3) is 0.192. The number of amides is 1. The summed E-state index contributed by atoms with van der Waals surface area (Å²) in [7, 11) is -4.17. The zero-order valence-corrected chi connectivity index (χ0v) is 24.0. The molecular weight excluding hydrogens is 602 g/mol. The number of hydrogen-bond donors (Lipinski definition) is 1. The molecule has 0 radical (unpaired) electrons. The predicted molar refractivity (Wildman–Crippen MR) is 154 cm³/mol. The van der Waals surface area contributed by atoms with E-state index in [0.717, 1.165) is 93.6 Å². The number of sulfonamides is 1. The molecule has 7 nitrogen and oxygen atoms in total. The minimum atomic E-state index is -4.17. The second-order valence-corrected chi connectivity index (χ2v) is 13.7. The minimum Gasteiger partial charge on any atom is -0.339 e. The lowest BCUT2D eigenvalue weighted by Gasteiger charge is -2.16. The lowest BCUT2D eigenvalue weighted by atomic mass is 9.95. The Bertz CT molecular complexity index is 1890. The van der Waals surface area contributed by atoms with Gasteiger partial charge in [0.25, 0.3) is 15.9 Å². The molecule has 200 valence electrons. The first-order valence-corrected chi connectivity index (χ1v) is 15.7. The SMILES string of the molecule is O=C(/C=C/c1cc(F)cc2c3c(n(Cc4ccc5nsnc5c4)c12)CCCC3)NS(=O)(=O)c1cc(Cl)c(Cl)s1. The first-order valence-electron chi connectivity index (χ1n) is 11.9. The summed E-state index contributed by atoms with van der Waals surface area (Å²) in [6, 6.07) is 10.0. The normalized spacial score (nSPS) is 13.9. The zero-order chi connectivity index (χ0) is 27.3. The van der Waals surface area contributed by atoms with Gasteiger partial charge in [-0.05, 0) is 73.2 Å². The van der Waals surface area contributed by atoms with E-state index in [9.17, 15) is 17.6 Å². The molecule has 0 atom stereocenters. The van der Waals surface area contributed by atoms with Crippen LogP contribution in [0.25, 0.3) is 28.0 Å². The van der Waals surface area contributed by atoms with E-state index in [-0.39, 0.29) is 13.6 Å². The Kier molecular flexibility index (Phi) is 6.96. The van der Waals surface area contributed by atoms with E-state index in [1.165, 1.54) is 24.3 Å². The summed E-state index contributed by atoms with van der Waals surface area (Å²) in [4.78, 5) is 12.6. The van der Waals surface area contributed by atoms with Gasteiger partial charge in [-0.2, -0.15) is 8.75 Å². The van der Waals surface area contributed by atoms with Crippen molar-refractivity contribution in [2.24, 2.45) is 0 Å². The van der Waals surface area contributed by atoms with Gasteiger partial charge < -0.3 is 4.57 Å². The number of rotatable bonds is 6. The van der Waals surface area contributed by atoms with Crippen LogP contribution in [0.4, 0.5) is 4.39 Å². The van der Waals surface area contributed by atoms with Crippen molar-refractivity contribution < 1.29 is 17.6 Å². The number of halogens is 3. The van der Waals surface area contributed by atoms with Crippen molar-refractivity contribution in [3.05, 3.63) is 80.0 Å². The van der Waals surface area contributed by atoms with Crippen LogP contribution < -0.4 is 4.72 Å². The highest BCUT2D eigenvalue weighted by Gasteiger charge is 2.24. The third-order valence-corrected chi connectivity index (χ3v) is 10.9. The second-order valence-electron chi connectivity index (χ2n) is 9.19. The second kappa shape index (κ2) is 10.3. The van der Waals surface area contributed by atoms with Gasteiger partial charge in [0, 0.05) is 29.3 Å². The fourth-order valence-corrected chi connectivity index (χ4v) is 8.36. The van der Waals surface area contributed by atoms with Gasteiger partial charge in [-0.1, -0.05) is 29.3 Å². The molecule has 39 heavy (non-hydrogen) atoms. The number of fused-ring (bicyclic) bond motifs is 4. The molecule has 3 aromatic heterocycles. The smallest absolute Gasteiger partial charge is 0.273 e. The van der Waals surface area contributed by atoms with Gasteiger partial charge in [-0.25, -0.2) is 17.5 Å². The van der Waals surface area contributed by atoms with Crippen LogP contribution in [0, 0.1) is 5.82 Å². The molecule has 1 aliphatic rings. The van der Waals surface area contributed by atoms with Gasteiger partial charge in [0.1, 0.15) is 25.4 Å². The van der Waals surface area contributed by atoms with E-state index >= 15 is 0 Å². The third-order valence-electron chi connectivity index (χ3n) is 6.66. The van der Waals surface area contributed by atoms with Crippen LogP contribution in [-0.2, 0) is 34.2 Å². The van der Waals surface area contributed by atoms with Crippen LogP contribution in [0.1, 0.15) is 35.2 Å². The van der Waals surface area contributed by atoms with E-state index in [4.69, 9.17) is 23.2 Å². The van der Waals surface area contributed by atoms with Crippen molar-refractivity contribution in [3.8, 4) is 0 Å². The Balaban J connectivity index is 1.39. The number of carbonyl (C=O) groups excluding carboxylic acids is 1. The first-order chi connectivity index (χ1) is 18.7. The third kappa shape index (κ3) is 5.09. The maximum Gasteiger partial charge on any atom is 0.273 e. The van der Waals surface area contributed by atoms with Crippen molar-refractivity contribution in [2.75, 3.05) is 0 Å². The van der Waals surface area contributed by atoms with E-state index in [0.29, 0.717) is 12.1 Å². The highest BCUT2D eigenvalue weighted by atomic mass is 35.5. The molecule has 0 saturated heterocycles. The van der Waals surface area contributed by atoms with Crippen molar-refractivity contribution in [3.63, 3.8) is 0 Å². The molecule has 0 spiro atoms. The van der Waals surface area contributed by atoms with Gasteiger partial charge in [0.15, 0.2) is 0 Å². The highest BCUT2D eigenvalue weighted by molar-refractivity contribution is 7.92. The van der Waals surface area contributed by atoms with Crippen LogP contribution in [0.15, 0.2) is 46.7 Å². The minimum absolute atomic E-state index is 0.0853. The summed E-state index contributed by atoms with van der Waals surface area (Å²) < 4.78 is 52.7. The molecule has 1 aliphatic carbocycles. The van der Waals surface area contributed by atoms with Gasteiger partial charge in [0.2, 0.25) is 0 Å². The summed E-state index contributed by atoms with van der Waals surface area (Å²) in [5.74, 6) is -1.31. The molecule has 0 aliphatic heterocycles. The molecule has 5 aromatic rings. The predicted octanol–water partition coefficient (Wildman–Crippen LogP) is 6.60. The Labute approximate surface area is 241 Å². The molecule has 0 saturated carbocycles. The summed E-state index contributed by atoms with van der Waals surface area (Å²) in [5, 5.41) is 0.888. The summed E-state index contributed by atoms with van der Waals surface area (Å²) in [5.41, 5.74) is 6.21. The van der Waals surface area contributed by atoms with E-state index in [2.05, 4.69) is 13.3 Å². The number of hydrogen-bond acceptors (Lipinski definition) is 7. The van der Waals surface area contributed by atoms with Crippen molar-refractivity contribution in [2.45, 2.75) is 36.4 Å². The van der Waals surface area contributed by atoms with Crippen LogP contribution >= 0.6 is 46.3 Å². The number of aryl methyl sites for hydroxylation is 1. The first kappa shape index (κ1) is 26.4. The lowest BCUT2D eigenvalue weighted by Crippen LogP contribution is -2.28. The van der Waals surface area contributed by atoms with E-state index < -0.39 is 21.7 Å². The molecule has 6 rings (SSSR count). The summed E-state index contributed by atoms with van der Waals surface area (Å²) in [6.45, 7) is 0.534. The van der Waals surface area contributed by atoms with E-state index in [1.807, 2.05) is 22.9 Å². The number of carbonyl (C=O) groups is 1. The molecular formula is C26H19Cl2FN4O3S3. The molecule has 0 bridgehead atoms. The Morgan fingerprint density at radius 1 is 1.10 bits per heavy atom. The van der Waals surface area contributed by atoms with Crippen LogP contribution in [0.2, 0.25) is 9.36 Å². The Morgan fingerprint density at radius 2 is 1.90 bits per heavy atom. The monoisotopic (exact) mass is 620 g/mol. The zero-order valence-electron chi connectivity index (χ0n) is 20.1. The molecule has 0 unspecified atom stereocenters. The standard InChI is InChI=1S/C26H19Cl2FN4O3S3/c27-19-12-24(37-26(19)28)39(35,36)32-23(34)8-6-15-10-16(29)11-18-17-3-1-2-4-22(17)33(25(15)18)13-14-5-7-20-21(9-14)31-38-30-20/h5-12H,1-4,13H2,(H,32,34)/b8-6+. The summed E-state index contributed by atoms with van der Waals surface area (Å²) >= 11 is 13.6. The molecule has 0 fully saturated rings. The Hall–Kier alpha value is -2.83. The van der Waals surface area contributed by atoms with E-state index in [1.54, 1.807) is 0 Å². The quantitative estimate of drug-likeness (QED) is 0.216. The lowest BCUT2D eigenvalue weighted by molar-refractivity contribution is -0.114. The summed E-state index contributed by atoms with van der Waals surface area (Å²) in [6.07, 6.45) is 6.28. The maximum absolute atomic E-state index is 14.8. The topological polar surface area (TPSA) is 93.9 Å². The van der Waals surface area contributed by atoms with Crippen LogP contribution in [0.3, 0.4) is 0 Å². The Morgan fingerprint density at radius 3 is 2.69 bits per heavy atom. The van der Waals surface area contributed by atoms with Crippen molar-refractivity contribution in [1.82, 2.24) is 18.0 Å². The van der Waals surface area contributed by atoms with Gasteiger partial charge in [-0.15, -0.1) is 11.3 Å². The number of benzene rings is 2. The largest absolute Gasteiger partial charge is 0.339 e. The number of nitrogens with one attached hydrogen (secondary N) is 1. The molecule has 3 heterocycles. The van der Waals surface area contributed by atoms with Crippen molar-refractivity contribution >= 4 is 90.2 Å². The highest BCUT2D eigenvalue weighted by Crippen LogP contribution is 2.36.